The maximum Gasteiger partial charge on any atom is 4.00 e. The predicted molar refractivity (Wildman–Crippen MR) is 57.5 cm³/mol. The van der Waals surface area contributed by atoms with E-state index in [0.717, 1.165) is 0 Å². The number of unbranched alkanes of at least 4 members (excludes halogenated alkanes) is 4. The van der Waals surface area contributed by atoms with Crippen LogP contribution < -0.4 is 0 Å². The van der Waals surface area contributed by atoms with E-state index in [2.05, 4.69) is 20.3 Å². The normalized spacial score (nSPS) is 5.69. The first-order valence-electron chi connectivity index (χ1n) is 3.98. The SMILES string of the molecule is CCC[CH-]CCC.[C-]#CC.[NH2-].[NH2-].[Pt+4]. The van der Waals surface area contributed by atoms with Crippen molar-refractivity contribution in [2.45, 2.75) is 46.5 Å². The van der Waals surface area contributed by atoms with Gasteiger partial charge >= 0.3 is 21.1 Å². The molecule has 0 aromatic rings. The summed E-state index contributed by atoms with van der Waals surface area (Å²) in [5.74, 6) is 2.00. The molecule has 0 atom stereocenters. The van der Waals surface area contributed by atoms with Gasteiger partial charge in [0.05, 0.1) is 0 Å². The van der Waals surface area contributed by atoms with Crippen LogP contribution in [0.1, 0.15) is 46.5 Å². The number of rotatable bonds is 4. The molecule has 0 fully saturated rings. The van der Waals surface area contributed by atoms with Gasteiger partial charge in [-0.15, -0.1) is 0 Å². The zero-order chi connectivity index (χ0) is 8.24. The topological polar surface area (TPSA) is 67.0 Å². The molecule has 0 aromatic carbocycles. The first-order chi connectivity index (χ1) is 4.83. The van der Waals surface area contributed by atoms with Crippen molar-refractivity contribution >= 4 is 0 Å². The summed E-state index contributed by atoms with van der Waals surface area (Å²) in [5, 5.41) is 0. The van der Waals surface area contributed by atoms with Crippen LogP contribution in [0.5, 0.6) is 0 Å². The fraction of sp³-hybridized carbons (Fsp3) is 0.700. The van der Waals surface area contributed by atoms with Gasteiger partial charge in [-0.25, -0.2) is 0 Å². The van der Waals surface area contributed by atoms with Crippen LogP contribution >= 0.6 is 0 Å². The van der Waals surface area contributed by atoms with Crippen LogP contribution in [0, 0.1) is 18.8 Å². The second-order valence-corrected chi connectivity index (χ2v) is 2.12. The van der Waals surface area contributed by atoms with E-state index in [1.54, 1.807) is 6.92 Å². The molecule has 0 amide bonds. The Kier molecular flexibility index (Phi) is 89.7. The van der Waals surface area contributed by atoms with Crippen molar-refractivity contribution in [3.8, 4) is 5.92 Å². The third-order valence-corrected chi connectivity index (χ3v) is 0.986. The molecule has 2 nitrogen and oxygen atoms in total. The van der Waals surface area contributed by atoms with Gasteiger partial charge in [0.15, 0.2) is 0 Å². The summed E-state index contributed by atoms with van der Waals surface area (Å²) in [4.78, 5) is 0. The van der Waals surface area contributed by atoms with Gasteiger partial charge in [0.1, 0.15) is 0 Å². The molecule has 13 heavy (non-hydrogen) atoms. The van der Waals surface area contributed by atoms with Gasteiger partial charge in [0, 0.05) is 0 Å². The molecule has 0 spiro atoms. The summed E-state index contributed by atoms with van der Waals surface area (Å²) >= 11 is 0. The predicted octanol–water partition coefficient (Wildman–Crippen LogP) is 4.82. The van der Waals surface area contributed by atoms with Gasteiger partial charge in [0.2, 0.25) is 0 Å². The van der Waals surface area contributed by atoms with Crippen LogP contribution in [0.15, 0.2) is 0 Å². The third-order valence-electron chi connectivity index (χ3n) is 0.986. The van der Waals surface area contributed by atoms with E-state index < -0.39 is 0 Å². The fourth-order valence-corrected chi connectivity index (χ4v) is 0.553. The third kappa shape index (κ3) is 72.4. The van der Waals surface area contributed by atoms with Crippen molar-refractivity contribution in [3.05, 3.63) is 25.1 Å². The average molecular weight is 365 g/mol. The van der Waals surface area contributed by atoms with E-state index in [0.29, 0.717) is 0 Å². The van der Waals surface area contributed by atoms with E-state index in [-0.39, 0.29) is 33.4 Å². The summed E-state index contributed by atoms with van der Waals surface area (Å²) in [7, 11) is 0. The Labute approximate surface area is 98.7 Å². The molecule has 0 aromatic heterocycles. The molecule has 0 radical (unpaired) electrons. The van der Waals surface area contributed by atoms with Crippen LogP contribution in [-0.2, 0) is 21.1 Å². The molecule has 82 valence electrons. The molecule has 0 saturated heterocycles. The summed E-state index contributed by atoms with van der Waals surface area (Å²) in [6, 6.07) is 0. The molecule has 0 aliphatic carbocycles. The van der Waals surface area contributed by atoms with Crippen molar-refractivity contribution in [2.75, 3.05) is 0 Å². The average Bonchev–Trinajstić information content (AvgIpc) is 1.91. The Morgan fingerprint density at radius 3 is 1.46 bits per heavy atom. The summed E-state index contributed by atoms with van der Waals surface area (Å²) < 4.78 is 0. The Morgan fingerprint density at radius 1 is 1.08 bits per heavy atom. The Hall–Kier alpha value is 0.168. The number of hydrogen-bond donors (Lipinski definition) is 0. The molecule has 0 aliphatic heterocycles. The van der Waals surface area contributed by atoms with Crippen molar-refractivity contribution in [1.29, 1.82) is 0 Å². The molecule has 0 aliphatic rings. The van der Waals surface area contributed by atoms with E-state index >= 15 is 0 Å². The van der Waals surface area contributed by atoms with Crippen LogP contribution in [0.2, 0.25) is 0 Å². The minimum atomic E-state index is 0. The van der Waals surface area contributed by atoms with Gasteiger partial charge in [-0.3, -0.25) is 0 Å². The first kappa shape index (κ1) is 29.2. The maximum atomic E-state index is 5.96. The van der Waals surface area contributed by atoms with E-state index in [1.165, 1.54) is 25.7 Å². The fourth-order valence-electron chi connectivity index (χ4n) is 0.553. The molecule has 0 saturated carbocycles. The number of nitrogens with two attached hydrogens (primary N) is 2. The maximum absolute atomic E-state index is 5.96. The van der Waals surface area contributed by atoms with Crippen LogP contribution in [0.3, 0.4) is 0 Å². The van der Waals surface area contributed by atoms with Crippen LogP contribution in [0.4, 0.5) is 0 Å². The zero-order valence-electron chi connectivity index (χ0n) is 8.88. The van der Waals surface area contributed by atoms with Gasteiger partial charge in [-0.2, -0.15) is 12.8 Å². The second kappa shape index (κ2) is 39.9. The Morgan fingerprint density at radius 2 is 1.31 bits per heavy atom. The Bertz CT molecular complexity index is 75.5. The summed E-state index contributed by atoms with van der Waals surface area (Å²) in [6.45, 7) is 5.97. The largest absolute Gasteiger partial charge is 4.00 e. The smallest absolute Gasteiger partial charge is 0.694 e. The monoisotopic (exact) mass is 365 g/mol. The first-order valence-corrected chi connectivity index (χ1v) is 3.98. The molecular weight excluding hydrogens is 343 g/mol. The Balaban J connectivity index is -0.0000000320. The molecule has 0 rings (SSSR count). The van der Waals surface area contributed by atoms with Crippen molar-refractivity contribution < 1.29 is 21.1 Å². The van der Waals surface area contributed by atoms with Crippen molar-refractivity contribution in [3.63, 3.8) is 0 Å². The summed E-state index contributed by atoms with van der Waals surface area (Å²) in [5.41, 5.74) is 0. The molecular formula is C10H22N2Pt. The van der Waals surface area contributed by atoms with E-state index in [4.69, 9.17) is 6.42 Å². The molecule has 0 bridgehead atoms. The second-order valence-electron chi connectivity index (χ2n) is 2.12. The zero-order valence-corrected chi connectivity index (χ0v) is 11.1. The minimum absolute atomic E-state index is 0. The van der Waals surface area contributed by atoms with Crippen molar-refractivity contribution in [2.24, 2.45) is 0 Å². The quantitative estimate of drug-likeness (QED) is 0.389. The van der Waals surface area contributed by atoms with Gasteiger partial charge < -0.3 is 31.1 Å². The number of hydrogen-bond acceptors (Lipinski definition) is 0. The van der Waals surface area contributed by atoms with Gasteiger partial charge in [-0.05, 0) is 6.92 Å². The summed E-state index contributed by atoms with van der Waals surface area (Å²) in [6.07, 6.45) is 13.5. The standard InChI is InChI=1S/C7H15.C3H3.2H2N.Pt/c1-3-5-7-6-4-2;1-3-2;;;/h7H,3-6H2,1-2H3;1H3;2*1H2;/q4*-1;+4. The molecule has 0 heterocycles. The molecule has 3 heteroatoms. The van der Waals surface area contributed by atoms with E-state index in [9.17, 15) is 0 Å². The van der Waals surface area contributed by atoms with Crippen molar-refractivity contribution in [1.82, 2.24) is 0 Å². The molecule has 4 N–H and O–H groups in total. The van der Waals surface area contributed by atoms with Gasteiger partial charge in [0.25, 0.3) is 0 Å². The van der Waals surface area contributed by atoms with E-state index in [1.807, 2.05) is 5.92 Å². The molecule has 0 unspecified atom stereocenters. The van der Waals surface area contributed by atoms with Gasteiger partial charge in [-0.1, -0.05) is 26.7 Å². The van der Waals surface area contributed by atoms with Crippen LogP contribution in [0.25, 0.3) is 12.3 Å². The van der Waals surface area contributed by atoms with Crippen LogP contribution in [-0.4, -0.2) is 0 Å². The minimum Gasteiger partial charge on any atom is -0.694 e.